The Morgan fingerprint density at radius 2 is 1.26 bits per heavy atom. The van der Waals surface area contributed by atoms with Crippen molar-refractivity contribution < 1.29 is 14.4 Å². The molecule has 0 spiro atoms. The van der Waals surface area contributed by atoms with Crippen molar-refractivity contribution in [2.24, 2.45) is 17.8 Å². The molecule has 3 aromatic carbocycles. The van der Waals surface area contributed by atoms with Crippen LogP contribution in [0.15, 0.2) is 91.0 Å². The Bertz CT molecular complexity index is 1170. The zero-order valence-corrected chi connectivity index (χ0v) is 22.9. The van der Waals surface area contributed by atoms with Crippen LogP contribution in [0.25, 0.3) is 0 Å². The van der Waals surface area contributed by atoms with Gasteiger partial charge in [-0.1, -0.05) is 123 Å². The summed E-state index contributed by atoms with van der Waals surface area (Å²) >= 11 is 0. The van der Waals surface area contributed by atoms with Crippen LogP contribution in [0.2, 0.25) is 0 Å². The highest BCUT2D eigenvalue weighted by atomic mass is 16.7. The number of rotatable bonds is 7. The molecule has 0 unspecified atom stereocenters. The lowest BCUT2D eigenvalue weighted by Gasteiger charge is -2.36. The van der Waals surface area contributed by atoms with Crippen LogP contribution in [0.5, 0.6) is 0 Å². The molecule has 1 saturated heterocycles. The van der Waals surface area contributed by atoms with Gasteiger partial charge in [-0.2, -0.15) is 5.06 Å². The van der Waals surface area contributed by atoms with Gasteiger partial charge in [0.05, 0.1) is 6.04 Å². The lowest BCUT2D eigenvalue weighted by molar-refractivity contribution is -0.174. The molecule has 204 valence electrons. The Morgan fingerprint density at radius 1 is 0.692 bits per heavy atom. The standard InChI is InChI=1S/C35H41NO3/c37-35(38-31-23-21-28(22-24-31)27-15-7-2-8-16-27)32-33(29-17-9-3-10-18-29)36(25-26-13-5-1-6-14-26)39-34(32)30-19-11-4-12-20-30/h1,3-6,9-14,17-20,27-28,31-34H,2,7-8,15-16,21-25H2/t28?,31?,32-,33-,34+/m1/s1. The van der Waals surface area contributed by atoms with Gasteiger partial charge in [0.25, 0.3) is 0 Å². The number of carbonyl (C=O) groups excluding carboxylic acids is 1. The molecule has 0 amide bonds. The molecule has 4 nitrogen and oxygen atoms in total. The van der Waals surface area contributed by atoms with Gasteiger partial charge in [-0.3, -0.25) is 9.63 Å². The van der Waals surface area contributed by atoms with Gasteiger partial charge in [-0.05, 0) is 54.2 Å². The Morgan fingerprint density at radius 3 is 1.90 bits per heavy atom. The van der Waals surface area contributed by atoms with Crippen LogP contribution >= 0.6 is 0 Å². The molecule has 1 heterocycles. The molecule has 39 heavy (non-hydrogen) atoms. The van der Waals surface area contributed by atoms with E-state index < -0.39 is 12.0 Å². The highest BCUT2D eigenvalue weighted by molar-refractivity contribution is 5.75. The first-order chi connectivity index (χ1) is 19.3. The first kappa shape index (κ1) is 26.3. The normalized spacial score (nSPS) is 28.3. The van der Waals surface area contributed by atoms with E-state index in [0.29, 0.717) is 6.54 Å². The summed E-state index contributed by atoms with van der Waals surface area (Å²) in [7, 11) is 0. The van der Waals surface area contributed by atoms with Crippen LogP contribution < -0.4 is 0 Å². The fraction of sp³-hybridized carbons (Fsp3) is 0.457. The smallest absolute Gasteiger partial charge is 0.314 e. The molecule has 0 radical (unpaired) electrons. The lowest BCUT2D eigenvalue weighted by Crippen LogP contribution is -2.34. The summed E-state index contributed by atoms with van der Waals surface area (Å²) < 4.78 is 6.37. The molecule has 3 fully saturated rings. The molecule has 2 saturated carbocycles. The molecule has 1 aliphatic heterocycles. The van der Waals surface area contributed by atoms with Gasteiger partial charge in [-0.15, -0.1) is 0 Å². The van der Waals surface area contributed by atoms with Crippen LogP contribution in [0.3, 0.4) is 0 Å². The van der Waals surface area contributed by atoms with Gasteiger partial charge in [0.1, 0.15) is 18.1 Å². The Balaban J connectivity index is 1.24. The Hall–Kier alpha value is -2.95. The molecule has 3 aromatic rings. The highest BCUT2D eigenvalue weighted by Crippen LogP contribution is 2.48. The molecule has 4 heteroatoms. The third-order valence-corrected chi connectivity index (χ3v) is 9.27. The summed E-state index contributed by atoms with van der Waals surface area (Å²) in [6.07, 6.45) is 10.9. The minimum absolute atomic E-state index is 0.00774. The molecule has 0 aromatic heterocycles. The second kappa shape index (κ2) is 12.5. The lowest BCUT2D eigenvalue weighted by atomic mass is 9.73. The second-order valence-electron chi connectivity index (χ2n) is 11.8. The van der Waals surface area contributed by atoms with Crippen molar-refractivity contribution in [1.29, 1.82) is 0 Å². The van der Waals surface area contributed by atoms with E-state index in [2.05, 4.69) is 36.4 Å². The third kappa shape index (κ3) is 6.13. The summed E-state index contributed by atoms with van der Waals surface area (Å²) in [6, 6.07) is 30.6. The van der Waals surface area contributed by atoms with Crippen molar-refractivity contribution in [1.82, 2.24) is 5.06 Å². The van der Waals surface area contributed by atoms with E-state index in [-0.39, 0.29) is 18.1 Å². The average Bonchev–Trinajstić information content (AvgIpc) is 3.38. The number of nitrogens with zero attached hydrogens (tertiary/aromatic N) is 1. The van der Waals surface area contributed by atoms with E-state index >= 15 is 0 Å². The van der Waals surface area contributed by atoms with Crippen molar-refractivity contribution in [2.45, 2.75) is 82.6 Å². The van der Waals surface area contributed by atoms with Crippen LogP contribution in [0.1, 0.15) is 86.6 Å². The summed E-state index contributed by atoms with van der Waals surface area (Å²) in [5.74, 6) is 1.12. The number of hydroxylamine groups is 2. The van der Waals surface area contributed by atoms with Gasteiger partial charge < -0.3 is 4.74 Å². The quantitative estimate of drug-likeness (QED) is 0.293. The average molecular weight is 524 g/mol. The maximum Gasteiger partial charge on any atom is 0.314 e. The monoisotopic (exact) mass is 523 g/mol. The Labute approximate surface area is 233 Å². The van der Waals surface area contributed by atoms with Gasteiger partial charge >= 0.3 is 5.97 Å². The van der Waals surface area contributed by atoms with Gasteiger partial charge in [0.15, 0.2) is 0 Å². The summed E-state index contributed by atoms with van der Waals surface area (Å²) in [4.78, 5) is 20.8. The molecular weight excluding hydrogens is 482 g/mol. The highest BCUT2D eigenvalue weighted by Gasteiger charge is 2.50. The van der Waals surface area contributed by atoms with Gasteiger partial charge in [0, 0.05) is 6.54 Å². The molecule has 0 bridgehead atoms. The number of benzene rings is 3. The number of hydrogen-bond acceptors (Lipinski definition) is 4. The van der Waals surface area contributed by atoms with E-state index in [1.165, 1.54) is 44.9 Å². The minimum atomic E-state index is -0.449. The zero-order chi connectivity index (χ0) is 26.4. The van der Waals surface area contributed by atoms with E-state index in [1.807, 2.05) is 59.7 Å². The van der Waals surface area contributed by atoms with E-state index in [1.54, 1.807) is 0 Å². The molecule has 6 rings (SSSR count). The van der Waals surface area contributed by atoms with Crippen molar-refractivity contribution in [2.75, 3.05) is 0 Å². The summed E-state index contributed by atoms with van der Waals surface area (Å²) in [6.45, 7) is 0.597. The number of ether oxygens (including phenoxy) is 1. The van der Waals surface area contributed by atoms with E-state index in [4.69, 9.17) is 9.57 Å². The topological polar surface area (TPSA) is 38.8 Å². The number of carbonyl (C=O) groups is 1. The number of hydrogen-bond donors (Lipinski definition) is 0. The SMILES string of the molecule is O=C(OC1CCC(C2CCCCC2)CC1)[C@@H]1[C@@H](c2ccccc2)N(Cc2ccccc2)O[C@H]1c1ccccc1. The zero-order valence-electron chi connectivity index (χ0n) is 22.9. The predicted octanol–water partition coefficient (Wildman–Crippen LogP) is 8.21. The summed E-state index contributed by atoms with van der Waals surface area (Å²) in [5, 5.41) is 2.01. The maximum atomic E-state index is 14.1. The fourth-order valence-electron chi connectivity index (χ4n) is 7.23. The van der Waals surface area contributed by atoms with Crippen LogP contribution in [0, 0.1) is 17.8 Å². The first-order valence-electron chi connectivity index (χ1n) is 15.0. The second-order valence-corrected chi connectivity index (χ2v) is 11.8. The van der Waals surface area contributed by atoms with Crippen molar-refractivity contribution in [3.05, 3.63) is 108 Å². The van der Waals surface area contributed by atoms with Crippen molar-refractivity contribution >= 4 is 5.97 Å². The van der Waals surface area contributed by atoms with Crippen molar-refractivity contribution in [3.63, 3.8) is 0 Å². The van der Waals surface area contributed by atoms with Crippen LogP contribution in [-0.2, 0) is 20.9 Å². The number of esters is 1. The molecule has 0 N–H and O–H groups in total. The van der Waals surface area contributed by atoms with Crippen molar-refractivity contribution in [3.8, 4) is 0 Å². The van der Waals surface area contributed by atoms with Crippen LogP contribution in [0.4, 0.5) is 0 Å². The van der Waals surface area contributed by atoms with Gasteiger partial charge in [-0.25, -0.2) is 0 Å². The van der Waals surface area contributed by atoms with Gasteiger partial charge in [0.2, 0.25) is 0 Å². The Kier molecular flexibility index (Phi) is 8.41. The predicted molar refractivity (Wildman–Crippen MR) is 153 cm³/mol. The third-order valence-electron chi connectivity index (χ3n) is 9.27. The molecule has 3 aliphatic rings. The van der Waals surface area contributed by atoms with Crippen LogP contribution in [-0.4, -0.2) is 17.1 Å². The maximum absolute atomic E-state index is 14.1. The minimum Gasteiger partial charge on any atom is -0.462 e. The molecule has 3 atom stereocenters. The largest absolute Gasteiger partial charge is 0.462 e. The first-order valence-corrected chi connectivity index (χ1v) is 15.0. The summed E-state index contributed by atoms with van der Waals surface area (Å²) in [5.41, 5.74) is 3.24. The van der Waals surface area contributed by atoms with E-state index in [0.717, 1.165) is 41.4 Å². The molecular formula is C35H41NO3. The van der Waals surface area contributed by atoms with E-state index in [9.17, 15) is 4.79 Å². The fourth-order valence-corrected chi connectivity index (χ4v) is 7.23. The molecule has 2 aliphatic carbocycles.